The monoisotopic (exact) mass is 475 g/mol. The zero-order valence-electron chi connectivity index (χ0n) is 18.2. The van der Waals surface area contributed by atoms with Crippen LogP contribution in [0.25, 0.3) is 5.69 Å². The van der Waals surface area contributed by atoms with Crippen LogP contribution in [0.4, 0.5) is 13.2 Å². The number of nitrogens with zero attached hydrogens (tertiary/aromatic N) is 2. The first-order valence-corrected chi connectivity index (χ1v) is 10.0. The van der Waals surface area contributed by atoms with E-state index in [9.17, 15) is 27.6 Å². The van der Waals surface area contributed by atoms with E-state index in [0.29, 0.717) is 10.2 Å². The molecule has 0 atom stereocenters. The van der Waals surface area contributed by atoms with Gasteiger partial charge in [0.05, 0.1) is 31.2 Å². The number of nitrogens with one attached hydrogen (secondary N) is 1. The van der Waals surface area contributed by atoms with Gasteiger partial charge in [-0.1, -0.05) is 12.1 Å². The highest BCUT2D eigenvalue weighted by Crippen LogP contribution is 2.34. The number of rotatable bonds is 7. The topological polar surface area (TPSA) is 99.5 Å². The minimum absolute atomic E-state index is 0.0119. The molecule has 1 aromatic heterocycles. The first kappa shape index (κ1) is 24.5. The predicted molar refractivity (Wildman–Crippen MR) is 113 cm³/mol. The van der Waals surface area contributed by atoms with Crippen molar-refractivity contribution in [2.45, 2.75) is 19.6 Å². The number of benzene rings is 2. The number of carbonyl (C=O) groups excluding carboxylic acids is 3. The van der Waals surface area contributed by atoms with E-state index in [-0.39, 0.29) is 24.4 Å². The normalized spacial score (nSPS) is 11.1. The molecule has 0 aliphatic carbocycles. The fourth-order valence-electron chi connectivity index (χ4n) is 3.09. The Hall–Kier alpha value is -4.15. The molecule has 11 heteroatoms. The van der Waals surface area contributed by atoms with Gasteiger partial charge in [-0.2, -0.15) is 18.3 Å². The number of hydrogen-bond acceptors (Lipinski definition) is 6. The van der Waals surface area contributed by atoms with Crippen LogP contribution in [0.1, 0.15) is 49.3 Å². The van der Waals surface area contributed by atoms with Gasteiger partial charge in [0.1, 0.15) is 5.56 Å². The summed E-state index contributed by atoms with van der Waals surface area (Å²) in [5.74, 6) is -2.06. The highest BCUT2D eigenvalue weighted by atomic mass is 19.4. The lowest BCUT2D eigenvalue weighted by Crippen LogP contribution is -2.23. The van der Waals surface area contributed by atoms with Crippen molar-refractivity contribution >= 4 is 17.8 Å². The van der Waals surface area contributed by atoms with Crippen LogP contribution in [0.2, 0.25) is 0 Å². The Labute approximate surface area is 192 Å². The molecule has 3 rings (SSSR count). The third-order valence-electron chi connectivity index (χ3n) is 4.74. The lowest BCUT2D eigenvalue weighted by atomic mass is 10.1. The van der Waals surface area contributed by atoms with Crippen molar-refractivity contribution in [3.63, 3.8) is 0 Å². The Morgan fingerprint density at radius 1 is 0.971 bits per heavy atom. The molecular weight excluding hydrogens is 455 g/mol. The summed E-state index contributed by atoms with van der Waals surface area (Å²) in [4.78, 5) is 35.8. The highest BCUT2D eigenvalue weighted by Gasteiger charge is 2.41. The van der Waals surface area contributed by atoms with Crippen LogP contribution < -0.4 is 5.32 Å². The maximum absolute atomic E-state index is 13.6. The van der Waals surface area contributed by atoms with Crippen molar-refractivity contribution < 1.29 is 37.0 Å². The first-order valence-electron chi connectivity index (χ1n) is 10.0. The molecule has 34 heavy (non-hydrogen) atoms. The highest BCUT2D eigenvalue weighted by molar-refractivity contribution is 5.94. The van der Waals surface area contributed by atoms with Gasteiger partial charge < -0.3 is 14.8 Å². The smallest absolute Gasteiger partial charge is 0.434 e. The van der Waals surface area contributed by atoms with E-state index in [4.69, 9.17) is 0 Å². The summed E-state index contributed by atoms with van der Waals surface area (Å²) in [7, 11) is 1.28. The van der Waals surface area contributed by atoms with Crippen molar-refractivity contribution in [2.75, 3.05) is 13.7 Å². The Balaban J connectivity index is 1.74. The largest absolute Gasteiger partial charge is 0.465 e. The van der Waals surface area contributed by atoms with Gasteiger partial charge in [0.15, 0.2) is 5.69 Å². The van der Waals surface area contributed by atoms with Gasteiger partial charge in [-0.15, -0.1) is 0 Å². The van der Waals surface area contributed by atoms with Crippen LogP contribution in [0, 0.1) is 0 Å². The van der Waals surface area contributed by atoms with E-state index in [1.165, 1.54) is 38.3 Å². The number of esters is 2. The number of methoxy groups -OCH3 is 1. The van der Waals surface area contributed by atoms with Crippen molar-refractivity contribution in [3.05, 3.63) is 82.7 Å². The third-order valence-corrected chi connectivity index (χ3v) is 4.74. The minimum atomic E-state index is -4.86. The van der Waals surface area contributed by atoms with Crippen LogP contribution in [-0.4, -0.2) is 41.3 Å². The molecule has 0 bridgehead atoms. The van der Waals surface area contributed by atoms with Crippen LogP contribution in [0.15, 0.2) is 54.7 Å². The molecule has 1 heterocycles. The van der Waals surface area contributed by atoms with Gasteiger partial charge in [0.2, 0.25) is 0 Å². The van der Waals surface area contributed by atoms with E-state index < -0.39 is 35.3 Å². The number of alkyl halides is 3. The van der Waals surface area contributed by atoms with Crippen LogP contribution in [0.5, 0.6) is 0 Å². The first-order chi connectivity index (χ1) is 16.2. The van der Waals surface area contributed by atoms with Crippen molar-refractivity contribution in [1.82, 2.24) is 15.1 Å². The summed E-state index contributed by atoms with van der Waals surface area (Å²) < 4.78 is 50.8. The van der Waals surface area contributed by atoms with Crippen molar-refractivity contribution in [2.24, 2.45) is 0 Å². The quantitative estimate of drug-likeness (QED) is 0.522. The number of amides is 1. The number of ether oxygens (including phenoxy) is 2. The Bertz CT molecular complexity index is 1190. The molecule has 8 nitrogen and oxygen atoms in total. The molecule has 1 N–H and O–H groups in total. The maximum atomic E-state index is 13.6. The molecule has 0 radical (unpaired) electrons. The summed E-state index contributed by atoms with van der Waals surface area (Å²) >= 11 is 0. The molecule has 178 valence electrons. The van der Waals surface area contributed by atoms with E-state index in [1.54, 1.807) is 24.3 Å². The number of aromatic nitrogens is 2. The fourth-order valence-corrected chi connectivity index (χ4v) is 3.09. The molecule has 0 fully saturated rings. The summed E-state index contributed by atoms with van der Waals surface area (Å²) in [5.41, 5.74) is -0.640. The lowest BCUT2D eigenvalue weighted by Gasteiger charge is -2.13. The molecule has 0 saturated heterocycles. The second-order valence-corrected chi connectivity index (χ2v) is 6.95. The minimum Gasteiger partial charge on any atom is -0.465 e. The van der Waals surface area contributed by atoms with Crippen molar-refractivity contribution in [3.8, 4) is 5.69 Å². The summed E-state index contributed by atoms with van der Waals surface area (Å²) in [6.45, 7) is 1.57. The van der Waals surface area contributed by atoms with Gasteiger partial charge in [0, 0.05) is 12.1 Å². The molecule has 0 spiro atoms. The average molecular weight is 475 g/mol. The van der Waals surface area contributed by atoms with Crippen LogP contribution in [-0.2, 0) is 22.2 Å². The van der Waals surface area contributed by atoms with Crippen molar-refractivity contribution in [1.29, 1.82) is 0 Å². The summed E-state index contributed by atoms with van der Waals surface area (Å²) in [6, 6.07) is 11.7. The number of carbonyl (C=O) groups is 3. The SMILES string of the molecule is CCOC(=O)c1cnn(-c2ccc(C(=O)NCc3ccc(C(=O)OC)cc3)cc2)c1C(F)(F)F. The molecule has 1 amide bonds. The third kappa shape index (κ3) is 5.42. The zero-order valence-corrected chi connectivity index (χ0v) is 18.2. The van der Waals surface area contributed by atoms with Gasteiger partial charge >= 0.3 is 18.1 Å². The number of halogens is 3. The van der Waals surface area contributed by atoms with E-state index in [0.717, 1.165) is 11.8 Å². The fraction of sp³-hybridized carbons (Fsp3) is 0.217. The lowest BCUT2D eigenvalue weighted by molar-refractivity contribution is -0.143. The standard InChI is InChI=1S/C23H20F3N3O5/c1-3-34-22(32)18-13-28-29(19(18)23(24,25)26)17-10-8-15(9-11-17)20(30)27-12-14-4-6-16(7-5-14)21(31)33-2/h4-11,13H,3,12H2,1-2H3,(H,27,30). The van der Waals surface area contributed by atoms with E-state index >= 15 is 0 Å². The summed E-state index contributed by atoms with van der Waals surface area (Å²) in [6.07, 6.45) is -4.06. The average Bonchev–Trinajstić information content (AvgIpc) is 3.29. The Morgan fingerprint density at radius 3 is 2.15 bits per heavy atom. The Morgan fingerprint density at radius 2 is 1.59 bits per heavy atom. The van der Waals surface area contributed by atoms with Crippen LogP contribution in [0.3, 0.4) is 0 Å². The molecule has 0 aliphatic rings. The molecule has 0 aliphatic heterocycles. The molecule has 2 aromatic carbocycles. The molecule has 3 aromatic rings. The second-order valence-electron chi connectivity index (χ2n) is 6.95. The van der Waals surface area contributed by atoms with Gasteiger partial charge in [-0.05, 0) is 48.9 Å². The van der Waals surface area contributed by atoms with E-state index in [1.807, 2.05) is 0 Å². The zero-order chi connectivity index (χ0) is 24.9. The van der Waals surface area contributed by atoms with Crippen LogP contribution >= 0.6 is 0 Å². The molecule has 0 unspecified atom stereocenters. The number of hydrogen-bond donors (Lipinski definition) is 1. The maximum Gasteiger partial charge on any atom is 0.434 e. The summed E-state index contributed by atoms with van der Waals surface area (Å²) in [5, 5.41) is 6.38. The van der Waals surface area contributed by atoms with Gasteiger partial charge in [-0.3, -0.25) is 4.79 Å². The molecule has 0 saturated carbocycles. The Kier molecular flexibility index (Phi) is 7.34. The van der Waals surface area contributed by atoms with Gasteiger partial charge in [-0.25, -0.2) is 14.3 Å². The molecular formula is C23H20F3N3O5. The van der Waals surface area contributed by atoms with Gasteiger partial charge in [0.25, 0.3) is 5.91 Å². The van der Waals surface area contributed by atoms with E-state index in [2.05, 4.69) is 19.9 Å². The second kappa shape index (κ2) is 10.2. The predicted octanol–water partition coefficient (Wildman–Crippen LogP) is 3.78.